The molecule has 2 rings (SSSR count). The molecular weight excluding hydrogens is 250 g/mol. The van der Waals surface area contributed by atoms with Crippen LogP contribution in [0.4, 0.5) is 5.69 Å². The van der Waals surface area contributed by atoms with Crippen LogP contribution in [-0.2, 0) is 6.54 Å². The third-order valence-corrected chi connectivity index (χ3v) is 3.42. The smallest absolute Gasteiger partial charge is 0.336 e. The number of carbonyl (C=O) groups is 1. The lowest BCUT2D eigenvalue weighted by Crippen LogP contribution is -2.19. The maximum Gasteiger partial charge on any atom is 0.336 e. The quantitative estimate of drug-likeness (QED) is 0.921. The Morgan fingerprint density at radius 3 is 2.50 bits per heavy atom. The second-order valence-corrected chi connectivity index (χ2v) is 5.11. The molecule has 2 aromatic carbocycles. The zero-order valence-corrected chi connectivity index (χ0v) is 12.1. The fourth-order valence-corrected chi connectivity index (χ4v) is 2.44. The fourth-order valence-electron chi connectivity index (χ4n) is 2.44. The number of aromatic carboxylic acids is 1. The normalized spacial score (nSPS) is 10.3. The van der Waals surface area contributed by atoms with Crippen molar-refractivity contribution in [1.29, 1.82) is 0 Å². The molecule has 1 N–H and O–H groups in total. The number of hydrogen-bond acceptors (Lipinski definition) is 2. The summed E-state index contributed by atoms with van der Waals surface area (Å²) in [5.74, 6) is -0.880. The minimum atomic E-state index is -0.880. The number of carboxylic acid groups (broad SMARTS) is 1. The Balaban J connectivity index is 2.28. The average molecular weight is 269 g/mol. The molecule has 0 saturated heterocycles. The molecule has 0 aliphatic carbocycles. The Morgan fingerprint density at radius 1 is 1.15 bits per heavy atom. The Labute approximate surface area is 119 Å². The van der Waals surface area contributed by atoms with Gasteiger partial charge >= 0.3 is 5.97 Å². The predicted octanol–water partition coefficient (Wildman–Crippen LogP) is 3.64. The van der Waals surface area contributed by atoms with Gasteiger partial charge in [0.15, 0.2) is 0 Å². The summed E-state index contributed by atoms with van der Waals surface area (Å²) in [7, 11) is 1.98. The van der Waals surface area contributed by atoms with E-state index in [0.717, 1.165) is 11.3 Å². The molecule has 2 aromatic rings. The first-order chi connectivity index (χ1) is 9.49. The first kappa shape index (κ1) is 14.1. The van der Waals surface area contributed by atoms with E-state index in [1.807, 2.05) is 19.2 Å². The van der Waals surface area contributed by atoms with Crippen LogP contribution < -0.4 is 4.90 Å². The lowest BCUT2D eigenvalue weighted by molar-refractivity contribution is 0.0695. The highest BCUT2D eigenvalue weighted by Crippen LogP contribution is 2.22. The minimum Gasteiger partial charge on any atom is -0.478 e. The summed E-state index contributed by atoms with van der Waals surface area (Å²) in [5.41, 5.74) is 4.73. The van der Waals surface area contributed by atoms with Gasteiger partial charge in [-0.1, -0.05) is 35.9 Å². The van der Waals surface area contributed by atoms with Crippen molar-refractivity contribution in [3.05, 3.63) is 64.7 Å². The predicted molar refractivity (Wildman–Crippen MR) is 81.4 cm³/mol. The maximum absolute atomic E-state index is 11.2. The summed E-state index contributed by atoms with van der Waals surface area (Å²) in [6.07, 6.45) is 0. The summed E-state index contributed by atoms with van der Waals surface area (Å²) in [4.78, 5) is 13.3. The summed E-state index contributed by atoms with van der Waals surface area (Å²) in [5, 5.41) is 9.22. The highest BCUT2D eigenvalue weighted by molar-refractivity contribution is 5.89. The van der Waals surface area contributed by atoms with Crippen LogP contribution >= 0.6 is 0 Å². The van der Waals surface area contributed by atoms with Gasteiger partial charge in [0, 0.05) is 19.3 Å². The van der Waals surface area contributed by atoms with E-state index in [2.05, 4.69) is 36.9 Å². The summed E-state index contributed by atoms with van der Waals surface area (Å²) in [6.45, 7) is 4.71. The van der Waals surface area contributed by atoms with Crippen molar-refractivity contribution in [1.82, 2.24) is 0 Å². The van der Waals surface area contributed by atoms with Crippen LogP contribution in [0.25, 0.3) is 0 Å². The van der Waals surface area contributed by atoms with E-state index in [9.17, 15) is 9.90 Å². The van der Waals surface area contributed by atoms with Crippen LogP contribution in [0.5, 0.6) is 0 Å². The molecule has 0 bridgehead atoms. The molecule has 0 amide bonds. The van der Waals surface area contributed by atoms with Crippen molar-refractivity contribution in [3.63, 3.8) is 0 Å². The van der Waals surface area contributed by atoms with Crippen LogP contribution in [0, 0.1) is 13.8 Å². The van der Waals surface area contributed by atoms with Crippen molar-refractivity contribution >= 4 is 11.7 Å². The Morgan fingerprint density at radius 2 is 1.85 bits per heavy atom. The number of benzene rings is 2. The van der Waals surface area contributed by atoms with Crippen molar-refractivity contribution in [2.24, 2.45) is 0 Å². The second-order valence-electron chi connectivity index (χ2n) is 5.11. The standard InChI is InChI=1S/C17H19NO2/c1-12-8-9-16(13(2)10-12)18(3)11-14-6-4-5-7-15(14)17(19)20/h4-10H,11H2,1-3H3,(H,19,20). The molecule has 0 unspecified atom stereocenters. The van der Waals surface area contributed by atoms with E-state index in [-0.39, 0.29) is 0 Å². The number of rotatable bonds is 4. The molecule has 0 radical (unpaired) electrons. The number of hydrogen-bond donors (Lipinski definition) is 1. The molecule has 0 aliphatic rings. The molecule has 0 atom stereocenters. The van der Waals surface area contributed by atoms with Crippen molar-refractivity contribution < 1.29 is 9.90 Å². The third-order valence-electron chi connectivity index (χ3n) is 3.42. The summed E-state index contributed by atoms with van der Waals surface area (Å²) >= 11 is 0. The molecule has 20 heavy (non-hydrogen) atoms. The van der Waals surface area contributed by atoms with Gasteiger partial charge in [-0.3, -0.25) is 0 Å². The molecule has 0 aromatic heterocycles. The van der Waals surface area contributed by atoms with Gasteiger partial charge in [-0.25, -0.2) is 4.79 Å². The molecule has 0 saturated carbocycles. The van der Waals surface area contributed by atoms with Gasteiger partial charge in [0.25, 0.3) is 0 Å². The maximum atomic E-state index is 11.2. The van der Waals surface area contributed by atoms with Gasteiger partial charge in [0.2, 0.25) is 0 Å². The summed E-state index contributed by atoms with van der Waals surface area (Å²) in [6, 6.07) is 13.4. The van der Waals surface area contributed by atoms with Crippen LogP contribution in [0.1, 0.15) is 27.0 Å². The van der Waals surface area contributed by atoms with E-state index in [1.54, 1.807) is 12.1 Å². The molecule has 104 valence electrons. The molecular formula is C17H19NO2. The number of aryl methyl sites for hydroxylation is 2. The van der Waals surface area contributed by atoms with E-state index in [1.165, 1.54) is 11.1 Å². The number of nitrogens with zero attached hydrogens (tertiary/aromatic N) is 1. The van der Waals surface area contributed by atoms with Gasteiger partial charge in [-0.15, -0.1) is 0 Å². The van der Waals surface area contributed by atoms with Gasteiger partial charge in [0.1, 0.15) is 0 Å². The fraction of sp³-hybridized carbons (Fsp3) is 0.235. The highest BCUT2D eigenvalue weighted by Gasteiger charge is 2.12. The summed E-state index contributed by atoms with van der Waals surface area (Å²) < 4.78 is 0. The zero-order chi connectivity index (χ0) is 14.7. The molecule has 3 nitrogen and oxygen atoms in total. The third kappa shape index (κ3) is 2.99. The highest BCUT2D eigenvalue weighted by atomic mass is 16.4. The van der Waals surface area contributed by atoms with Crippen LogP contribution in [-0.4, -0.2) is 18.1 Å². The van der Waals surface area contributed by atoms with Gasteiger partial charge in [-0.2, -0.15) is 0 Å². The molecule has 3 heteroatoms. The van der Waals surface area contributed by atoms with E-state index < -0.39 is 5.97 Å². The van der Waals surface area contributed by atoms with Crippen molar-refractivity contribution in [2.75, 3.05) is 11.9 Å². The Kier molecular flexibility index (Phi) is 4.08. The second kappa shape index (κ2) is 5.78. The topological polar surface area (TPSA) is 40.5 Å². The van der Waals surface area contributed by atoms with E-state index in [0.29, 0.717) is 12.1 Å². The van der Waals surface area contributed by atoms with Gasteiger partial charge in [0.05, 0.1) is 5.56 Å². The monoisotopic (exact) mass is 269 g/mol. The average Bonchev–Trinajstić information content (AvgIpc) is 2.38. The SMILES string of the molecule is Cc1ccc(N(C)Cc2ccccc2C(=O)O)c(C)c1. The lowest BCUT2D eigenvalue weighted by Gasteiger charge is -2.22. The zero-order valence-electron chi connectivity index (χ0n) is 12.1. The molecule has 0 spiro atoms. The molecule has 0 aliphatic heterocycles. The van der Waals surface area contributed by atoms with Crippen LogP contribution in [0.3, 0.4) is 0 Å². The van der Waals surface area contributed by atoms with E-state index >= 15 is 0 Å². The lowest BCUT2D eigenvalue weighted by atomic mass is 10.1. The Hall–Kier alpha value is -2.29. The molecule has 0 fully saturated rings. The first-order valence-corrected chi connectivity index (χ1v) is 6.58. The van der Waals surface area contributed by atoms with E-state index in [4.69, 9.17) is 0 Å². The van der Waals surface area contributed by atoms with Gasteiger partial charge in [-0.05, 0) is 37.1 Å². The van der Waals surface area contributed by atoms with Crippen molar-refractivity contribution in [3.8, 4) is 0 Å². The minimum absolute atomic E-state index is 0.365. The largest absolute Gasteiger partial charge is 0.478 e. The number of anilines is 1. The number of carboxylic acids is 1. The Bertz CT molecular complexity index is 635. The van der Waals surface area contributed by atoms with Crippen LogP contribution in [0.15, 0.2) is 42.5 Å². The van der Waals surface area contributed by atoms with Gasteiger partial charge < -0.3 is 10.0 Å². The first-order valence-electron chi connectivity index (χ1n) is 6.58. The van der Waals surface area contributed by atoms with Crippen LogP contribution in [0.2, 0.25) is 0 Å². The van der Waals surface area contributed by atoms with Crippen molar-refractivity contribution in [2.45, 2.75) is 20.4 Å². The molecule has 0 heterocycles.